The third-order valence-corrected chi connectivity index (χ3v) is 4.54. The van der Waals surface area contributed by atoms with Crippen molar-refractivity contribution in [1.29, 1.82) is 0 Å². The summed E-state index contributed by atoms with van der Waals surface area (Å²) in [6.07, 6.45) is 3.11. The van der Waals surface area contributed by atoms with Gasteiger partial charge in [0.2, 0.25) is 0 Å². The van der Waals surface area contributed by atoms with Crippen LogP contribution in [0.25, 0.3) is 16.6 Å². The van der Waals surface area contributed by atoms with Gasteiger partial charge in [-0.15, -0.1) is 0 Å². The number of aryl methyl sites for hydroxylation is 1. The molecule has 3 aromatic rings. The van der Waals surface area contributed by atoms with Crippen LogP contribution in [0.15, 0.2) is 42.6 Å². The van der Waals surface area contributed by atoms with Crippen molar-refractivity contribution >= 4 is 39.5 Å². The number of carboxylic acid groups (broad SMARTS) is 1. The molecule has 0 spiro atoms. The molecular weight excluding hydrogens is 427 g/mol. The number of aromatic nitrogens is 1. The molecule has 0 fully saturated rings. The van der Waals surface area contributed by atoms with Gasteiger partial charge in [0, 0.05) is 33.3 Å². The fourth-order valence-corrected chi connectivity index (χ4v) is 3.24. The highest BCUT2D eigenvalue weighted by Crippen LogP contribution is 2.28. The minimum absolute atomic E-state index is 0.0990. The summed E-state index contributed by atoms with van der Waals surface area (Å²) in [4.78, 5) is 10.7. The van der Waals surface area contributed by atoms with Gasteiger partial charge >= 0.3 is 5.97 Å². The van der Waals surface area contributed by atoms with Gasteiger partial charge in [-0.2, -0.15) is 0 Å². The van der Waals surface area contributed by atoms with Crippen molar-refractivity contribution in [2.24, 2.45) is 0 Å². The van der Waals surface area contributed by atoms with Gasteiger partial charge in [-0.25, -0.2) is 8.78 Å². The van der Waals surface area contributed by atoms with E-state index in [-0.39, 0.29) is 6.42 Å². The molecule has 0 saturated carbocycles. The fraction of sp³-hybridized carbons (Fsp3) is 0.167. The van der Waals surface area contributed by atoms with Crippen molar-refractivity contribution in [2.45, 2.75) is 19.3 Å². The number of carbonyl (C=O) groups is 1. The van der Waals surface area contributed by atoms with E-state index in [0.717, 1.165) is 32.2 Å². The average Bonchev–Trinajstić information content (AvgIpc) is 2.88. The summed E-state index contributed by atoms with van der Waals surface area (Å²) in [6, 6.07) is 9.68. The number of nitrogens with zero attached hydrogens (tertiary/aromatic N) is 1. The SMILES string of the molecule is O=C(O)CCCc1cn(-c2ccc(F)c(F)c2)c2ccc(I)cc12. The minimum Gasteiger partial charge on any atom is -0.481 e. The third kappa shape index (κ3) is 3.43. The fourth-order valence-electron chi connectivity index (χ4n) is 2.75. The predicted molar refractivity (Wildman–Crippen MR) is 96.5 cm³/mol. The molecular formula is C18H14F2INO2. The summed E-state index contributed by atoms with van der Waals surface area (Å²) in [7, 11) is 0. The Bertz CT molecular complexity index is 921. The molecule has 3 nitrogen and oxygen atoms in total. The Morgan fingerprint density at radius 3 is 2.62 bits per heavy atom. The molecule has 3 rings (SSSR count). The number of rotatable bonds is 5. The molecule has 0 radical (unpaired) electrons. The van der Waals surface area contributed by atoms with Gasteiger partial charge in [0.15, 0.2) is 11.6 Å². The molecule has 1 N–H and O–H groups in total. The predicted octanol–water partition coefficient (Wildman–Crippen LogP) is 4.92. The summed E-state index contributed by atoms with van der Waals surface area (Å²) in [5.41, 5.74) is 2.41. The number of hydrogen-bond acceptors (Lipinski definition) is 1. The molecule has 0 bridgehead atoms. The molecule has 0 amide bonds. The Labute approximate surface area is 151 Å². The number of aliphatic carboxylic acids is 1. The lowest BCUT2D eigenvalue weighted by molar-refractivity contribution is -0.137. The molecule has 6 heteroatoms. The number of halogens is 3. The summed E-state index contributed by atoms with van der Waals surface area (Å²) in [6.45, 7) is 0. The third-order valence-electron chi connectivity index (χ3n) is 3.87. The highest BCUT2D eigenvalue weighted by Gasteiger charge is 2.12. The van der Waals surface area contributed by atoms with E-state index in [1.807, 2.05) is 29.0 Å². The molecule has 124 valence electrons. The van der Waals surface area contributed by atoms with Gasteiger partial charge in [-0.05, 0) is 71.3 Å². The van der Waals surface area contributed by atoms with Crippen LogP contribution in [0.3, 0.4) is 0 Å². The molecule has 0 atom stereocenters. The summed E-state index contributed by atoms with van der Waals surface area (Å²) >= 11 is 2.21. The summed E-state index contributed by atoms with van der Waals surface area (Å²) < 4.78 is 29.6. The van der Waals surface area contributed by atoms with Gasteiger partial charge in [0.25, 0.3) is 0 Å². The molecule has 1 heterocycles. The standard InChI is InChI=1S/C18H14F2INO2/c19-15-6-5-13(9-16(15)20)22-10-11(2-1-3-18(23)24)14-8-12(21)4-7-17(14)22/h4-10H,1-3H2,(H,23,24). The monoisotopic (exact) mass is 441 g/mol. The largest absolute Gasteiger partial charge is 0.481 e. The highest BCUT2D eigenvalue weighted by atomic mass is 127. The topological polar surface area (TPSA) is 42.2 Å². The Hall–Kier alpha value is -1.96. The van der Waals surface area contributed by atoms with Crippen molar-refractivity contribution in [2.75, 3.05) is 0 Å². The van der Waals surface area contributed by atoms with Crippen LogP contribution >= 0.6 is 22.6 Å². The van der Waals surface area contributed by atoms with E-state index < -0.39 is 17.6 Å². The van der Waals surface area contributed by atoms with Crippen LogP contribution in [0.2, 0.25) is 0 Å². The van der Waals surface area contributed by atoms with Gasteiger partial charge in [0.1, 0.15) is 0 Å². The van der Waals surface area contributed by atoms with Crippen molar-refractivity contribution in [1.82, 2.24) is 4.57 Å². The number of fused-ring (bicyclic) bond motifs is 1. The minimum atomic E-state index is -0.896. The van der Waals surface area contributed by atoms with Crippen LogP contribution in [0.5, 0.6) is 0 Å². The van der Waals surface area contributed by atoms with Gasteiger partial charge in [0.05, 0.1) is 5.52 Å². The molecule has 0 aliphatic heterocycles. The zero-order valence-electron chi connectivity index (χ0n) is 12.6. The maximum absolute atomic E-state index is 13.6. The summed E-state index contributed by atoms with van der Waals surface area (Å²) in [5.74, 6) is -2.60. The van der Waals surface area contributed by atoms with Crippen LogP contribution in [0.1, 0.15) is 18.4 Å². The quantitative estimate of drug-likeness (QED) is 0.572. The second-order valence-corrected chi connectivity index (χ2v) is 6.78. The molecule has 1 aromatic heterocycles. The normalized spacial score (nSPS) is 11.1. The van der Waals surface area contributed by atoms with E-state index >= 15 is 0 Å². The first-order valence-corrected chi connectivity index (χ1v) is 8.50. The molecule has 0 unspecified atom stereocenters. The lowest BCUT2D eigenvalue weighted by Crippen LogP contribution is -1.96. The lowest BCUT2D eigenvalue weighted by Gasteiger charge is -2.06. The van der Waals surface area contributed by atoms with Gasteiger partial charge in [-0.3, -0.25) is 4.79 Å². The second-order valence-electron chi connectivity index (χ2n) is 5.53. The van der Waals surface area contributed by atoms with E-state index in [1.165, 1.54) is 6.07 Å². The van der Waals surface area contributed by atoms with Crippen molar-refractivity contribution in [3.8, 4) is 5.69 Å². The number of carboxylic acids is 1. The first-order valence-electron chi connectivity index (χ1n) is 7.42. The summed E-state index contributed by atoms with van der Waals surface area (Å²) in [5, 5.41) is 9.80. The van der Waals surface area contributed by atoms with Crippen LogP contribution in [-0.2, 0) is 11.2 Å². The second kappa shape index (κ2) is 6.88. The maximum Gasteiger partial charge on any atom is 0.303 e. The van der Waals surface area contributed by atoms with Crippen molar-refractivity contribution in [3.05, 3.63) is 63.4 Å². The van der Waals surface area contributed by atoms with E-state index in [2.05, 4.69) is 22.6 Å². The Morgan fingerprint density at radius 2 is 1.92 bits per heavy atom. The molecule has 2 aromatic carbocycles. The van der Waals surface area contributed by atoms with Crippen molar-refractivity contribution < 1.29 is 18.7 Å². The molecule has 0 aliphatic carbocycles. The first-order chi connectivity index (χ1) is 11.5. The molecule has 24 heavy (non-hydrogen) atoms. The van der Waals surface area contributed by atoms with E-state index in [9.17, 15) is 13.6 Å². The first kappa shape index (κ1) is 16.9. The smallest absolute Gasteiger partial charge is 0.303 e. The van der Waals surface area contributed by atoms with Crippen LogP contribution < -0.4 is 0 Å². The van der Waals surface area contributed by atoms with Crippen LogP contribution in [0, 0.1) is 15.2 Å². The van der Waals surface area contributed by atoms with Gasteiger partial charge in [-0.1, -0.05) is 0 Å². The highest BCUT2D eigenvalue weighted by molar-refractivity contribution is 14.1. The molecule has 0 aliphatic rings. The average molecular weight is 441 g/mol. The Morgan fingerprint density at radius 1 is 1.12 bits per heavy atom. The lowest BCUT2D eigenvalue weighted by atomic mass is 10.1. The van der Waals surface area contributed by atoms with E-state index in [1.54, 1.807) is 0 Å². The molecule has 0 saturated heterocycles. The zero-order chi connectivity index (χ0) is 17.3. The van der Waals surface area contributed by atoms with E-state index in [4.69, 9.17) is 5.11 Å². The van der Waals surface area contributed by atoms with Crippen LogP contribution in [0.4, 0.5) is 8.78 Å². The van der Waals surface area contributed by atoms with Gasteiger partial charge < -0.3 is 9.67 Å². The Balaban J connectivity index is 2.07. The zero-order valence-corrected chi connectivity index (χ0v) is 14.8. The van der Waals surface area contributed by atoms with E-state index in [0.29, 0.717) is 18.5 Å². The Kier molecular flexibility index (Phi) is 4.84. The van der Waals surface area contributed by atoms with Crippen LogP contribution in [-0.4, -0.2) is 15.6 Å². The number of benzene rings is 2. The van der Waals surface area contributed by atoms with Crippen molar-refractivity contribution in [3.63, 3.8) is 0 Å². The maximum atomic E-state index is 13.6. The number of hydrogen-bond donors (Lipinski definition) is 1.